The molecule has 1 amide bonds. The Kier molecular flexibility index (Phi) is 7.73. The van der Waals surface area contributed by atoms with Crippen molar-refractivity contribution in [2.75, 3.05) is 11.1 Å². The Morgan fingerprint density at radius 1 is 1.05 bits per heavy atom. The average molecular weight is 544 g/mol. The van der Waals surface area contributed by atoms with Gasteiger partial charge >= 0.3 is 0 Å². The summed E-state index contributed by atoms with van der Waals surface area (Å²) in [4.78, 5) is 32.1. The first-order valence-corrected chi connectivity index (χ1v) is 14.2. The van der Waals surface area contributed by atoms with Crippen LogP contribution in [0.5, 0.6) is 0 Å². The van der Waals surface area contributed by atoms with Crippen molar-refractivity contribution in [3.05, 3.63) is 111 Å². The predicted octanol–water partition coefficient (Wildman–Crippen LogP) is 6.76. The molecule has 1 N–H and O–H groups in total. The van der Waals surface area contributed by atoms with Gasteiger partial charge in [0, 0.05) is 28.2 Å². The van der Waals surface area contributed by atoms with Crippen LogP contribution in [0.3, 0.4) is 0 Å². The zero-order valence-electron chi connectivity index (χ0n) is 21.5. The Bertz CT molecular complexity index is 1520. The smallest absolute Gasteiger partial charge is 0.258 e. The lowest BCUT2D eigenvalue weighted by Gasteiger charge is -2.36. The van der Waals surface area contributed by atoms with Crippen LogP contribution >= 0.6 is 23.4 Å². The zero-order valence-corrected chi connectivity index (χ0v) is 23.1. The highest BCUT2D eigenvalue weighted by molar-refractivity contribution is 7.99. The molecule has 0 saturated carbocycles. The molecule has 1 aliphatic carbocycles. The number of carbonyl (C=O) groups is 1. The van der Waals surface area contributed by atoms with E-state index >= 15 is 0 Å². The summed E-state index contributed by atoms with van der Waals surface area (Å²) in [5, 5.41) is 4.07. The minimum atomic E-state index is -0.308. The number of amides is 1. The third-order valence-electron chi connectivity index (χ3n) is 7.30. The Labute approximate surface area is 232 Å². The molecule has 0 bridgehead atoms. The number of aromatic nitrogens is 2. The quantitative estimate of drug-likeness (QED) is 0.197. The molecule has 0 spiro atoms. The third kappa shape index (κ3) is 5.42. The van der Waals surface area contributed by atoms with Gasteiger partial charge in [0.15, 0.2) is 5.16 Å². The van der Waals surface area contributed by atoms with E-state index < -0.39 is 0 Å². The van der Waals surface area contributed by atoms with Crippen LogP contribution in [0.4, 0.5) is 5.69 Å². The number of hydrogen-bond donors (Lipinski definition) is 1. The lowest BCUT2D eigenvalue weighted by Crippen LogP contribution is -2.40. The van der Waals surface area contributed by atoms with Crippen LogP contribution in [-0.2, 0) is 29.6 Å². The van der Waals surface area contributed by atoms with E-state index in [1.807, 2.05) is 36.4 Å². The van der Waals surface area contributed by atoms with Gasteiger partial charge in [-0.25, -0.2) is 4.98 Å². The van der Waals surface area contributed by atoms with Gasteiger partial charge in [-0.3, -0.25) is 14.2 Å². The molecular formula is C31H30ClN3O2S. The van der Waals surface area contributed by atoms with E-state index in [-0.39, 0.29) is 22.6 Å². The topological polar surface area (TPSA) is 64.0 Å². The fourth-order valence-electron chi connectivity index (χ4n) is 5.04. The fourth-order valence-corrected chi connectivity index (χ4v) is 5.99. The molecule has 1 aromatic heterocycles. The van der Waals surface area contributed by atoms with Gasteiger partial charge in [-0.2, -0.15) is 0 Å². The summed E-state index contributed by atoms with van der Waals surface area (Å²) in [6.07, 6.45) is 2.34. The van der Waals surface area contributed by atoms with Gasteiger partial charge in [0.1, 0.15) is 0 Å². The fraction of sp³-hybridized carbons (Fsp3) is 0.258. The van der Waals surface area contributed by atoms with Crippen LogP contribution in [0.1, 0.15) is 37.0 Å². The zero-order chi connectivity index (χ0) is 26.7. The minimum absolute atomic E-state index is 0.00889. The molecule has 1 aliphatic rings. The maximum absolute atomic E-state index is 14.2. The molecule has 5 nitrogen and oxygen atoms in total. The largest absolute Gasteiger partial charge is 0.325 e. The van der Waals surface area contributed by atoms with Crippen molar-refractivity contribution in [1.29, 1.82) is 0 Å². The molecule has 4 aromatic rings. The van der Waals surface area contributed by atoms with Crippen molar-refractivity contribution in [2.24, 2.45) is 0 Å². The molecule has 1 atom stereocenters. The van der Waals surface area contributed by atoms with Crippen molar-refractivity contribution in [1.82, 2.24) is 9.55 Å². The first kappa shape index (κ1) is 26.3. The van der Waals surface area contributed by atoms with E-state index in [0.717, 1.165) is 35.2 Å². The summed E-state index contributed by atoms with van der Waals surface area (Å²) in [5.41, 5.74) is 5.25. The lowest BCUT2D eigenvalue weighted by atomic mass is 9.69. The van der Waals surface area contributed by atoms with E-state index in [2.05, 4.69) is 37.4 Å². The van der Waals surface area contributed by atoms with Crippen molar-refractivity contribution >= 4 is 35.0 Å². The number of nitrogens with one attached hydrogen (secondary N) is 1. The number of benzene rings is 3. The highest BCUT2D eigenvalue weighted by atomic mass is 35.5. The van der Waals surface area contributed by atoms with Crippen molar-refractivity contribution in [2.45, 2.75) is 50.2 Å². The predicted molar refractivity (Wildman–Crippen MR) is 156 cm³/mol. The summed E-state index contributed by atoms with van der Waals surface area (Å²) >= 11 is 7.26. The van der Waals surface area contributed by atoms with Crippen molar-refractivity contribution < 1.29 is 4.79 Å². The molecule has 5 rings (SSSR count). The van der Waals surface area contributed by atoms with Crippen molar-refractivity contribution in [3.8, 4) is 11.3 Å². The molecule has 7 heteroatoms. The summed E-state index contributed by atoms with van der Waals surface area (Å²) < 4.78 is 1.77. The van der Waals surface area contributed by atoms with Gasteiger partial charge in [0.05, 0.1) is 17.0 Å². The van der Waals surface area contributed by atoms with E-state index in [0.29, 0.717) is 28.8 Å². The molecule has 38 heavy (non-hydrogen) atoms. The number of anilines is 1. The van der Waals surface area contributed by atoms with Gasteiger partial charge < -0.3 is 5.32 Å². The Hall–Kier alpha value is -3.35. The number of carbonyl (C=O) groups excluding carboxylic acids is 1. The van der Waals surface area contributed by atoms with Crippen molar-refractivity contribution in [3.63, 3.8) is 0 Å². The normalized spacial score (nSPS) is 16.0. The number of aryl methyl sites for hydroxylation is 1. The monoisotopic (exact) mass is 543 g/mol. The van der Waals surface area contributed by atoms with Gasteiger partial charge in [0.25, 0.3) is 5.56 Å². The van der Waals surface area contributed by atoms with E-state index in [9.17, 15) is 9.59 Å². The van der Waals surface area contributed by atoms with Crippen LogP contribution in [0.15, 0.2) is 88.8 Å². The van der Waals surface area contributed by atoms with Gasteiger partial charge in [-0.15, -0.1) is 0 Å². The maximum atomic E-state index is 14.2. The molecule has 0 radical (unpaired) electrons. The third-order valence-corrected chi connectivity index (χ3v) is 8.53. The number of rotatable bonds is 8. The molecule has 0 fully saturated rings. The lowest BCUT2D eigenvalue weighted by molar-refractivity contribution is -0.113. The first-order chi connectivity index (χ1) is 18.4. The van der Waals surface area contributed by atoms with Crippen LogP contribution in [0.25, 0.3) is 11.3 Å². The average Bonchev–Trinajstić information content (AvgIpc) is 2.93. The molecule has 194 valence electrons. The summed E-state index contributed by atoms with van der Waals surface area (Å²) in [6, 6.07) is 25.3. The highest BCUT2D eigenvalue weighted by Gasteiger charge is 2.38. The summed E-state index contributed by atoms with van der Waals surface area (Å²) in [6.45, 7) is 4.79. The molecular weight excluding hydrogens is 514 g/mol. The number of nitrogens with zero attached hydrogens (tertiary/aromatic N) is 2. The second-order valence-corrected chi connectivity index (χ2v) is 11.3. The second kappa shape index (κ2) is 11.2. The first-order valence-electron chi connectivity index (χ1n) is 12.8. The summed E-state index contributed by atoms with van der Waals surface area (Å²) in [7, 11) is 0. The second-order valence-electron chi connectivity index (χ2n) is 9.90. The molecule has 3 aromatic carbocycles. The summed E-state index contributed by atoms with van der Waals surface area (Å²) in [5.74, 6) is -0.0380. The number of thioether (sulfide) groups is 1. The van der Waals surface area contributed by atoms with Crippen LogP contribution in [-0.4, -0.2) is 21.2 Å². The maximum Gasteiger partial charge on any atom is 0.258 e. The van der Waals surface area contributed by atoms with Crippen LogP contribution < -0.4 is 10.9 Å². The Morgan fingerprint density at radius 3 is 2.50 bits per heavy atom. The van der Waals surface area contributed by atoms with E-state index in [1.54, 1.807) is 28.8 Å². The van der Waals surface area contributed by atoms with E-state index in [1.165, 1.54) is 17.3 Å². The number of fused-ring (bicyclic) bond motifs is 3. The molecule has 0 unspecified atom stereocenters. The van der Waals surface area contributed by atoms with Gasteiger partial charge in [-0.05, 0) is 54.7 Å². The SMILES string of the molecule is CC[C@@]1(C)Cc2ccccc2-c2nc(SCC(=O)Nc3ccc(Cl)cc3)n(CCc3ccccc3)c(=O)c21. The van der Waals surface area contributed by atoms with Crippen LogP contribution in [0, 0.1) is 0 Å². The van der Waals surface area contributed by atoms with Gasteiger partial charge in [0.2, 0.25) is 5.91 Å². The molecule has 0 saturated heterocycles. The highest BCUT2D eigenvalue weighted by Crippen LogP contribution is 2.43. The Morgan fingerprint density at radius 2 is 1.76 bits per heavy atom. The Balaban J connectivity index is 1.52. The van der Waals surface area contributed by atoms with Crippen LogP contribution in [0.2, 0.25) is 5.02 Å². The number of hydrogen-bond acceptors (Lipinski definition) is 4. The number of halogens is 1. The minimum Gasteiger partial charge on any atom is -0.325 e. The standard InChI is InChI=1S/C31H30ClN3O2S/c1-3-31(2)19-22-11-7-8-12-25(22)28-27(31)29(37)35(18-17-21-9-5-4-6-10-21)30(34-28)38-20-26(36)33-24-15-13-23(32)14-16-24/h4-16H,3,17-20H2,1-2H3,(H,33,36)/t31-/m0/s1. The molecule has 0 aliphatic heterocycles. The molecule has 1 heterocycles. The van der Waals surface area contributed by atoms with E-state index in [4.69, 9.17) is 16.6 Å². The van der Waals surface area contributed by atoms with Gasteiger partial charge in [-0.1, -0.05) is 91.8 Å².